The lowest BCUT2D eigenvalue weighted by Gasteiger charge is -2.08. The van der Waals surface area contributed by atoms with Gasteiger partial charge in [-0.2, -0.15) is 0 Å². The molecule has 1 heterocycles. The van der Waals surface area contributed by atoms with Gasteiger partial charge in [-0.05, 0) is 36.1 Å². The summed E-state index contributed by atoms with van der Waals surface area (Å²) in [6, 6.07) is 7.38. The van der Waals surface area contributed by atoms with Crippen LogP contribution in [0.5, 0.6) is 0 Å². The molecule has 0 saturated carbocycles. The zero-order valence-corrected chi connectivity index (χ0v) is 13.6. The second kappa shape index (κ2) is 8.50. The van der Waals surface area contributed by atoms with Crippen LogP contribution in [-0.2, 0) is 11.2 Å². The molecule has 2 aromatic rings. The number of thiophene rings is 1. The average Bonchev–Trinajstić information content (AvgIpc) is 3.02. The first-order chi connectivity index (χ1) is 11.0. The molecule has 122 valence electrons. The maximum atomic E-state index is 13.0. The van der Waals surface area contributed by atoms with Crippen molar-refractivity contribution in [1.82, 2.24) is 10.6 Å². The van der Waals surface area contributed by atoms with Crippen LogP contribution in [-0.4, -0.2) is 25.0 Å². The maximum Gasteiger partial charge on any atom is 0.321 e. The Labute approximate surface area is 141 Å². The first-order valence-corrected chi connectivity index (χ1v) is 8.09. The lowest BCUT2D eigenvalue weighted by Crippen LogP contribution is -2.42. The third-order valence-corrected chi connectivity index (χ3v) is 4.09. The van der Waals surface area contributed by atoms with Crippen molar-refractivity contribution in [3.05, 3.63) is 51.4 Å². The van der Waals surface area contributed by atoms with Gasteiger partial charge in [-0.3, -0.25) is 10.1 Å². The smallest absolute Gasteiger partial charge is 0.321 e. The summed E-state index contributed by atoms with van der Waals surface area (Å²) in [6.45, 7) is 0.320. The zero-order chi connectivity index (χ0) is 16.7. The fourth-order valence-corrected chi connectivity index (χ4v) is 2.65. The molecule has 0 radical (unpaired) electrons. The van der Waals surface area contributed by atoms with E-state index in [0.29, 0.717) is 18.7 Å². The third-order valence-electron chi connectivity index (χ3n) is 2.86. The van der Waals surface area contributed by atoms with Crippen LogP contribution in [0.1, 0.15) is 4.88 Å². The highest BCUT2D eigenvalue weighted by Crippen LogP contribution is 2.18. The van der Waals surface area contributed by atoms with Gasteiger partial charge in [0.25, 0.3) is 0 Å². The molecular formula is C15H15ClFN3O2S. The van der Waals surface area contributed by atoms with Crippen molar-refractivity contribution in [2.75, 3.05) is 18.4 Å². The van der Waals surface area contributed by atoms with E-state index in [-0.39, 0.29) is 11.6 Å². The van der Waals surface area contributed by atoms with Gasteiger partial charge < -0.3 is 10.6 Å². The molecule has 23 heavy (non-hydrogen) atoms. The van der Waals surface area contributed by atoms with E-state index in [2.05, 4.69) is 16.0 Å². The number of benzene rings is 1. The Bertz CT molecular complexity index is 679. The quantitative estimate of drug-likeness (QED) is 0.746. The molecule has 0 aliphatic heterocycles. The summed E-state index contributed by atoms with van der Waals surface area (Å²) in [4.78, 5) is 24.3. The van der Waals surface area contributed by atoms with Gasteiger partial charge in [-0.15, -0.1) is 11.3 Å². The lowest BCUT2D eigenvalue weighted by atomic mass is 10.3. The zero-order valence-electron chi connectivity index (χ0n) is 12.1. The topological polar surface area (TPSA) is 70.2 Å². The van der Waals surface area contributed by atoms with E-state index >= 15 is 0 Å². The number of rotatable bonds is 6. The van der Waals surface area contributed by atoms with E-state index in [1.54, 1.807) is 11.3 Å². The maximum absolute atomic E-state index is 13.0. The van der Waals surface area contributed by atoms with Crippen molar-refractivity contribution in [3.63, 3.8) is 0 Å². The van der Waals surface area contributed by atoms with Gasteiger partial charge in [0.1, 0.15) is 5.82 Å². The standard InChI is InChI=1S/C15H15ClFN3O2S/c16-12-8-10(3-4-13(12)17)19-9-14(21)20-15(22)18-6-5-11-2-1-7-23-11/h1-4,7-8,19H,5-6,9H2,(H2,18,20,21,22). The van der Waals surface area contributed by atoms with Crippen LogP contribution in [0.25, 0.3) is 0 Å². The van der Waals surface area contributed by atoms with Crippen LogP contribution >= 0.6 is 22.9 Å². The van der Waals surface area contributed by atoms with Gasteiger partial charge in [0.15, 0.2) is 0 Å². The molecule has 3 amide bonds. The van der Waals surface area contributed by atoms with Gasteiger partial charge in [-0.1, -0.05) is 17.7 Å². The molecule has 3 N–H and O–H groups in total. The number of anilines is 1. The molecule has 8 heteroatoms. The summed E-state index contributed by atoms with van der Waals surface area (Å²) in [6.07, 6.45) is 0.714. The molecule has 1 aromatic heterocycles. The Morgan fingerprint density at radius 2 is 2.09 bits per heavy atom. The highest BCUT2D eigenvalue weighted by Gasteiger charge is 2.08. The normalized spacial score (nSPS) is 10.2. The number of imide groups is 1. The minimum absolute atomic E-state index is 0.0401. The Morgan fingerprint density at radius 3 is 2.78 bits per heavy atom. The van der Waals surface area contributed by atoms with Crippen LogP contribution in [0.4, 0.5) is 14.9 Å². The van der Waals surface area contributed by atoms with Crippen molar-refractivity contribution in [2.24, 2.45) is 0 Å². The minimum Gasteiger partial charge on any atom is -0.376 e. The number of nitrogens with one attached hydrogen (secondary N) is 3. The molecule has 0 aliphatic carbocycles. The first-order valence-electron chi connectivity index (χ1n) is 6.83. The van der Waals surface area contributed by atoms with Crippen molar-refractivity contribution >= 4 is 40.6 Å². The molecule has 0 bridgehead atoms. The highest BCUT2D eigenvalue weighted by molar-refractivity contribution is 7.09. The van der Waals surface area contributed by atoms with E-state index < -0.39 is 17.8 Å². The number of halogens is 2. The summed E-state index contributed by atoms with van der Waals surface area (Å²) in [7, 11) is 0. The Kier molecular flexibility index (Phi) is 6.37. The molecule has 0 saturated heterocycles. The number of amides is 3. The Morgan fingerprint density at radius 1 is 1.26 bits per heavy atom. The molecule has 0 aliphatic rings. The van der Waals surface area contributed by atoms with E-state index in [1.807, 2.05) is 17.5 Å². The van der Waals surface area contributed by atoms with Gasteiger partial charge in [0.05, 0.1) is 11.6 Å². The van der Waals surface area contributed by atoms with E-state index in [0.717, 1.165) is 4.88 Å². The predicted octanol–water partition coefficient (Wildman–Crippen LogP) is 3.02. The SMILES string of the molecule is O=C(CNc1ccc(F)c(Cl)c1)NC(=O)NCCc1cccs1. The Balaban J connectivity index is 1.67. The fraction of sp³-hybridized carbons (Fsp3) is 0.200. The number of carbonyl (C=O) groups excluding carboxylic acids is 2. The first kappa shape index (κ1) is 17.2. The van der Waals surface area contributed by atoms with E-state index in [9.17, 15) is 14.0 Å². The van der Waals surface area contributed by atoms with Crippen LogP contribution in [0.3, 0.4) is 0 Å². The van der Waals surface area contributed by atoms with E-state index in [1.165, 1.54) is 18.2 Å². The van der Waals surface area contributed by atoms with Crippen LogP contribution < -0.4 is 16.0 Å². The van der Waals surface area contributed by atoms with Crippen LogP contribution in [0.2, 0.25) is 5.02 Å². The van der Waals surface area contributed by atoms with Gasteiger partial charge in [0, 0.05) is 17.1 Å². The molecule has 0 unspecified atom stereocenters. The summed E-state index contributed by atoms with van der Waals surface area (Å²) in [5, 5.41) is 9.48. The molecule has 2 rings (SSSR count). The number of hydrogen-bond donors (Lipinski definition) is 3. The number of carbonyl (C=O) groups is 2. The lowest BCUT2D eigenvalue weighted by molar-refractivity contribution is -0.118. The molecule has 0 spiro atoms. The summed E-state index contributed by atoms with van der Waals surface area (Å²) >= 11 is 7.24. The van der Waals surface area contributed by atoms with Gasteiger partial charge in [-0.25, -0.2) is 9.18 Å². The van der Waals surface area contributed by atoms with Gasteiger partial charge >= 0.3 is 6.03 Å². The summed E-state index contributed by atoms with van der Waals surface area (Å²) < 4.78 is 13.0. The summed E-state index contributed by atoms with van der Waals surface area (Å²) in [5.74, 6) is -1.04. The molecular weight excluding hydrogens is 341 g/mol. The molecule has 0 fully saturated rings. The third kappa shape index (κ3) is 5.88. The highest BCUT2D eigenvalue weighted by atomic mass is 35.5. The molecule has 5 nitrogen and oxygen atoms in total. The monoisotopic (exact) mass is 355 g/mol. The fourth-order valence-electron chi connectivity index (χ4n) is 1.76. The average molecular weight is 356 g/mol. The Hall–Kier alpha value is -2.12. The molecule has 0 atom stereocenters. The van der Waals surface area contributed by atoms with Crippen molar-refractivity contribution in [1.29, 1.82) is 0 Å². The van der Waals surface area contributed by atoms with Gasteiger partial charge in [0.2, 0.25) is 5.91 Å². The molecule has 1 aromatic carbocycles. The summed E-state index contributed by atoms with van der Waals surface area (Å²) in [5.41, 5.74) is 0.490. The minimum atomic E-state index is -0.550. The van der Waals surface area contributed by atoms with E-state index in [4.69, 9.17) is 11.6 Å². The van der Waals surface area contributed by atoms with Crippen LogP contribution in [0, 0.1) is 5.82 Å². The van der Waals surface area contributed by atoms with Crippen molar-refractivity contribution in [2.45, 2.75) is 6.42 Å². The second-order valence-corrected chi connectivity index (χ2v) is 6.06. The van der Waals surface area contributed by atoms with Crippen LogP contribution in [0.15, 0.2) is 35.7 Å². The number of urea groups is 1. The van der Waals surface area contributed by atoms with Crippen molar-refractivity contribution < 1.29 is 14.0 Å². The number of hydrogen-bond acceptors (Lipinski definition) is 4. The van der Waals surface area contributed by atoms with Crippen molar-refractivity contribution in [3.8, 4) is 0 Å². The largest absolute Gasteiger partial charge is 0.376 e. The second-order valence-electron chi connectivity index (χ2n) is 4.62. The predicted molar refractivity (Wildman–Crippen MR) is 89.5 cm³/mol.